The highest BCUT2D eigenvalue weighted by molar-refractivity contribution is 5.79. The highest BCUT2D eigenvalue weighted by atomic mass is 19.4. The predicted octanol–water partition coefficient (Wildman–Crippen LogP) is 4.88. The van der Waals surface area contributed by atoms with Gasteiger partial charge in [0.25, 0.3) is 5.56 Å². The summed E-state index contributed by atoms with van der Waals surface area (Å²) in [4.78, 5) is 41.6. The normalized spacial score (nSPS) is 11.3. The molecule has 3 heterocycles. The van der Waals surface area contributed by atoms with Crippen LogP contribution >= 0.6 is 0 Å². The Morgan fingerprint density at radius 3 is 2.36 bits per heavy atom. The van der Waals surface area contributed by atoms with Crippen LogP contribution in [-0.2, 0) is 30.4 Å². The topological polar surface area (TPSA) is 105 Å². The molecule has 8 nitrogen and oxygen atoms in total. The van der Waals surface area contributed by atoms with Gasteiger partial charge in [0.1, 0.15) is 5.82 Å². The number of hydrogen-bond acceptors (Lipinski definition) is 6. The Labute approximate surface area is 238 Å². The lowest BCUT2D eigenvalue weighted by Gasteiger charge is -2.24. The van der Waals surface area contributed by atoms with E-state index in [0.29, 0.717) is 28.0 Å². The molecular formula is C31H23F3N6O2. The lowest BCUT2D eigenvalue weighted by molar-refractivity contribution is -0.137. The van der Waals surface area contributed by atoms with E-state index in [-0.39, 0.29) is 43.0 Å². The zero-order chi connectivity index (χ0) is 29.7. The molecule has 0 N–H and O–H groups in total. The van der Waals surface area contributed by atoms with Crippen molar-refractivity contribution in [3.63, 3.8) is 0 Å². The molecule has 2 aromatic carbocycles. The van der Waals surface area contributed by atoms with Crippen molar-refractivity contribution >= 4 is 16.9 Å². The molecule has 0 fully saturated rings. The summed E-state index contributed by atoms with van der Waals surface area (Å²) in [5.74, 6) is 0.0409. The second-order valence-corrected chi connectivity index (χ2v) is 9.50. The van der Waals surface area contributed by atoms with Gasteiger partial charge in [0, 0.05) is 38.1 Å². The predicted molar refractivity (Wildman–Crippen MR) is 148 cm³/mol. The zero-order valence-electron chi connectivity index (χ0n) is 22.1. The van der Waals surface area contributed by atoms with Crippen LogP contribution in [-0.4, -0.2) is 36.9 Å². The standard InChI is InChI=1S/C31H23F3N6O2/c32-31(33,34)24-9-5-21(6-10-24)17-28(41)39(20-23-3-1-14-36-19-23)16-13-27-38-29-26(4-2-15-37-29)30(42)40(27)25-11-7-22(18-35)8-12-25/h1-12,14-15,19H,13,16-17,20H2. The van der Waals surface area contributed by atoms with Crippen molar-refractivity contribution < 1.29 is 18.0 Å². The fourth-order valence-corrected chi connectivity index (χ4v) is 4.52. The summed E-state index contributed by atoms with van der Waals surface area (Å²) >= 11 is 0. The molecule has 0 aliphatic rings. The Morgan fingerprint density at radius 1 is 0.952 bits per heavy atom. The largest absolute Gasteiger partial charge is 0.416 e. The lowest BCUT2D eigenvalue weighted by atomic mass is 10.1. The first-order chi connectivity index (χ1) is 20.2. The molecule has 0 spiro atoms. The summed E-state index contributed by atoms with van der Waals surface area (Å²) in [5, 5.41) is 9.51. The number of nitriles is 1. The average molecular weight is 569 g/mol. The highest BCUT2D eigenvalue weighted by Crippen LogP contribution is 2.29. The van der Waals surface area contributed by atoms with Crippen LogP contribution in [0.2, 0.25) is 0 Å². The van der Waals surface area contributed by atoms with Crippen LogP contribution in [0.3, 0.4) is 0 Å². The number of carbonyl (C=O) groups is 1. The summed E-state index contributed by atoms with van der Waals surface area (Å²) in [6.45, 7) is 0.343. The van der Waals surface area contributed by atoms with Crippen molar-refractivity contribution in [1.82, 2.24) is 24.4 Å². The second kappa shape index (κ2) is 12.0. The van der Waals surface area contributed by atoms with Gasteiger partial charge >= 0.3 is 6.18 Å². The SMILES string of the molecule is N#Cc1ccc(-n2c(CCN(Cc3cccnc3)C(=O)Cc3ccc(C(F)(F)F)cc3)nc3ncccc3c2=O)cc1. The van der Waals surface area contributed by atoms with E-state index in [0.717, 1.165) is 17.7 Å². The number of rotatable bonds is 8. The van der Waals surface area contributed by atoms with Crippen LogP contribution in [0.1, 0.15) is 28.1 Å². The molecule has 5 rings (SSSR count). The molecule has 11 heteroatoms. The maximum Gasteiger partial charge on any atom is 0.416 e. The Hall–Kier alpha value is -5.37. The third kappa shape index (κ3) is 6.33. The van der Waals surface area contributed by atoms with Gasteiger partial charge in [-0.2, -0.15) is 18.4 Å². The highest BCUT2D eigenvalue weighted by Gasteiger charge is 2.30. The Kier molecular flexibility index (Phi) is 8.06. The van der Waals surface area contributed by atoms with E-state index < -0.39 is 11.7 Å². The lowest BCUT2D eigenvalue weighted by Crippen LogP contribution is -2.35. The van der Waals surface area contributed by atoms with Crippen molar-refractivity contribution in [1.29, 1.82) is 5.26 Å². The third-order valence-electron chi connectivity index (χ3n) is 6.66. The van der Waals surface area contributed by atoms with Crippen LogP contribution in [0, 0.1) is 11.3 Å². The quantitative estimate of drug-likeness (QED) is 0.264. The molecule has 0 aliphatic carbocycles. The minimum Gasteiger partial charge on any atom is -0.338 e. The maximum atomic E-state index is 13.6. The number of halogens is 3. The maximum absolute atomic E-state index is 13.6. The van der Waals surface area contributed by atoms with Gasteiger partial charge in [-0.05, 0) is 65.7 Å². The number of benzene rings is 2. The fourth-order valence-electron chi connectivity index (χ4n) is 4.52. The van der Waals surface area contributed by atoms with Crippen LogP contribution in [0.15, 0.2) is 96.2 Å². The van der Waals surface area contributed by atoms with Gasteiger partial charge in [0.15, 0.2) is 5.65 Å². The molecule has 0 unspecified atom stereocenters. The first-order valence-electron chi connectivity index (χ1n) is 12.9. The van der Waals surface area contributed by atoms with Crippen LogP contribution in [0.5, 0.6) is 0 Å². The first kappa shape index (κ1) is 28.2. The van der Waals surface area contributed by atoms with E-state index in [2.05, 4.69) is 21.0 Å². The summed E-state index contributed by atoms with van der Waals surface area (Å²) < 4.78 is 40.4. The van der Waals surface area contributed by atoms with Gasteiger partial charge < -0.3 is 4.90 Å². The number of alkyl halides is 3. The van der Waals surface area contributed by atoms with Crippen molar-refractivity contribution in [2.24, 2.45) is 0 Å². The Morgan fingerprint density at radius 2 is 1.69 bits per heavy atom. The number of pyridine rings is 2. The molecule has 210 valence electrons. The molecule has 5 aromatic rings. The number of hydrogen-bond donors (Lipinski definition) is 0. The molecule has 0 atom stereocenters. The molecule has 0 saturated heterocycles. The minimum absolute atomic E-state index is 0.118. The third-order valence-corrected chi connectivity index (χ3v) is 6.66. The molecule has 0 aliphatic heterocycles. The molecule has 0 bridgehead atoms. The van der Waals surface area contributed by atoms with Crippen molar-refractivity contribution in [3.05, 3.63) is 130 Å². The van der Waals surface area contributed by atoms with Gasteiger partial charge in [0.2, 0.25) is 5.91 Å². The van der Waals surface area contributed by atoms with Gasteiger partial charge in [-0.25, -0.2) is 9.97 Å². The number of amides is 1. The number of carbonyl (C=O) groups excluding carboxylic acids is 1. The van der Waals surface area contributed by atoms with Crippen LogP contribution < -0.4 is 5.56 Å². The van der Waals surface area contributed by atoms with Gasteiger partial charge in [-0.1, -0.05) is 18.2 Å². The molecule has 0 radical (unpaired) electrons. The molecule has 0 saturated carbocycles. The van der Waals surface area contributed by atoms with Crippen molar-refractivity contribution in [2.45, 2.75) is 25.6 Å². The van der Waals surface area contributed by atoms with E-state index in [1.165, 1.54) is 22.9 Å². The minimum atomic E-state index is -4.47. The van der Waals surface area contributed by atoms with Gasteiger partial charge in [-0.15, -0.1) is 0 Å². The fraction of sp³-hybridized carbons (Fsp3) is 0.161. The zero-order valence-corrected chi connectivity index (χ0v) is 22.1. The smallest absolute Gasteiger partial charge is 0.338 e. The monoisotopic (exact) mass is 568 g/mol. The van der Waals surface area contributed by atoms with Crippen molar-refractivity contribution in [3.8, 4) is 11.8 Å². The Balaban J connectivity index is 1.47. The average Bonchev–Trinajstić information content (AvgIpc) is 3.00. The first-order valence-corrected chi connectivity index (χ1v) is 12.9. The van der Waals surface area contributed by atoms with Crippen LogP contribution in [0.4, 0.5) is 13.2 Å². The van der Waals surface area contributed by atoms with E-state index >= 15 is 0 Å². The molecule has 42 heavy (non-hydrogen) atoms. The van der Waals surface area contributed by atoms with Crippen LogP contribution in [0.25, 0.3) is 16.7 Å². The van der Waals surface area contributed by atoms with E-state index in [1.807, 2.05) is 6.07 Å². The number of fused-ring (bicyclic) bond motifs is 1. The van der Waals surface area contributed by atoms with Crippen molar-refractivity contribution in [2.75, 3.05) is 6.54 Å². The molecule has 3 aromatic heterocycles. The van der Waals surface area contributed by atoms with Gasteiger partial charge in [0.05, 0.1) is 34.7 Å². The molecule has 1 amide bonds. The van der Waals surface area contributed by atoms with Gasteiger partial charge in [-0.3, -0.25) is 19.1 Å². The number of nitrogens with zero attached hydrogens (tertiary/aromatic N) is 6. The summed E-state index contributed by atoms with van der Waals surface area (Å²) in [7, 11) is 0. The Bertz CT molecular complexity index is 1810. The van der Waals surface area contributed by atoms with E-state index in [1.54, 1.807) is 59.8 Å². The van der Waals surface area contributed by atoms with E-state index in [9.17, 15) is 28.0 Å². The van der Waals surface area contributed by atoms with E-state index in [4.69, 9.17) is 0 Å². The number of aromatic nitrogens is 4. The molecular weight excluding hydrogens is 545 g/mol. The summed E-state index contributed by atoms with van der Waals surface area (Å²) in [6.07, 6.45) is 0.353. The summed E-state index contributed by atoms with van der Waals surface area (Å²) in [6, 6.07) is 19.9. The second-order valence-electron chi connectivity index (χ2n) is 9.50. The summed E-state index contributed by atoms with van der Waals surface area (Å²) in [5.41, 5.74) is 1.26.